The second-order valence-corrected chi connectivity index (χ2v) is 8.64. The van der Waals surface area contributed by atoms with Crippen molar-refractivity contribution in [1.29, 1.82) is 0 Å². The standard InChI is InChI=1S/C24H14ClFN2O3S/c25-15-8-6-13(7-9-15)20-19(21(29)14-4-2-1-3-5-14)22(30)23(31)28(20)24-27-17-11-10-16(26)12-18(17)32-24/h1-12,20,29H/t20-/m1/s1. The summed E-state index contributed by atoms with van der Waals surface area (Å²) in [5.41, 5.74) is 1.45. The van der Waals surface area contributed by atoms with Gasteiger partial charge in [0, 0.05) is 10.6 Å². The predicted octanol–water partition coefficient (Wildman–Crippen LogP) is 5.72. The summed E-state index contributed by atoms with van der Waals surface area (Å²) in [7, 11) is 0. The molecule has 1 saturated heterocycles. The highest BCUT2D eigenvalue weighted by atomic mass is 35.5. The number of aromatic nitrogens is 1. The molecule has 1 N–H and O–H groups in total. The number of rotatable bonds is 3. The van der Waals surface area contributed by atoms with E-state index < -0.39 is 23.5 Å². The molecule has 3 aromatic carbocycles. The smallest absolute Gasteiger partial charge is 0.301 e. The highest BCUT2D eigenvalue weighted by molar-refractivity contribution is 7.22. The van der Waals surface area contributed by atoms with E-state index in [-0.39, 0.29) is 16.5 Å². The van der Waals surface area contributed by atoms with Crippen molar-refractivity contribution < 1.29 is 19.1 Å². The van der Waals surface area contributed by atoms with Crippen LogP contribution in [0.2, 0.25) is 5.02 Å². The number of Topliss-reactive ketones (excluding diaryl/α,β-unsaturated/α-hetero) is 1. The van der Waals surface area contributed by atoms with Crippen molar-refractivity contribution in [1.82, 2.24) is 4.98 Å². The molecule has 1 aliphatic rings. The Morgan fingerprint density at radius 1 is 1.03 bits per heavy atom. The quantitative estimate of drug-likeness (QED) is 0.239. The molecule has 5 nitrogen and oxygen atoms in total. The van der Waals surface area contributed by atoms with Crippen LogP contribution in [0.25, 0.3) is 16.0 Å². The van der Waals surface area contributed by atoms with Gasteiger partial charge < -0.3 is 5.11 Å². The minimum absolute atomic E-state index is 0.0473. The number of benzene rings is 3. The Morgan fingerprint density at radius 2 is 1.75 bits per heavy atom. The molecular formula is C24H14ClFN2O3S. The highest BCUT2D eigenvalue weighted by Crippen LogP contribution is 2.44. The van der Waals surface area contributed by atoms with Gasteiger partial charge in [0.1, 0.15) is 11.6 Å². The summed E-state index contributed by atoms with van der Waals surface area (Å²) in [5.74, 6) is -2.34. The highest BCUT2D eigenvalue weighted by Gasteiger charge is 2.48. The van der Waals surface area contributed by atoms with Crippen LogP contribution >= 0.6 is 22.9 Å². The third kappa shape index (κ3) is 3.36. The molecule has 5 rings (SSSR count). The number of anilines is 1. The molecular weight excluding hydrogens is 451 g/mol. The fourth-order valence-corrected chi connectivity index (χ4v) is 4.87. The van der Waals surface area contributed by atoms with Crippen molar-refractivity contribution in [2.24, 2.45) is 0 Å². The Bertz CT molecular complexity index is 1400. The Morgan fingerprint density at radius 3 is 2.47 bits per heavy atom. The number of aliphatic hydroxyl groups is 1. The van der Waals surface area contributed by atoms with Crippen LogP contribution in [0.4, 0.5) is 9.52 Å². The Balaban J connectivity index is 1.73. The number of hydrogen-bond acceptors (Lipinski definition) is 5. The molecule has 158 valence electrons. The molecule has 1 fully saturated rings. The SMILES string of the molecule is O=C1C(=O)N(c2nc3ccc(F)cc3s2)[C@H](c2ccc(Cl)cc2)C1=C(O)c1ccccc1. The van der Waals surface area contributed by atoms with Gasteiger partial charge in [0.2, 0.25) is 0 Å². The molecule has 32 heavy (non-hydrogen) atoms. The van der Waals surface area contributed by atoms with Crippen LogP contribution in [0.5, 0.6) is 0 Å². The van der Waals surface area contributed by atoms with E-state index in [2.05, 4.69) is 4.98 Å². The first-order chi connectivity index (χ1) is 15.4. The van der Waals surface area contributed by atoms with E-state index in [0.717, 1.165) is 11.3 Å². The molecule has 0 spiro atoms. The first kappa shape index (κ1) is 20.4. The van der Waals surface area contributed by atoms with Gasteiger partial charge in [-0.2, -0.15) is 0 Å². The summed E-state index contributed by atoms with van der Waals surface area (Å²) in [6.45, 7) is 0. The van der Waals surface area contributed by atoms with Crippen molar-refractivity contribution in [3.8, 4) is 0 Å². The van der Waals surface area contributed by atoms with Crippen LogP contribution in [0.1, 0.15) is 17.2 Å². The number of halogens is 2. The fourth-order valence-electron chi connectivity index (χ4n) is 3.73. The Kier molecular flexibility index (Phi) is 5.00. The van der Waals surface area contributed by atoms with Crippen molar-refractivity contribution in [2.75, 3.05) is 4.90 Å². The first-order valence-electron chi connectivity index (χ1n) is 9.62. The van der Waals surface area contributed by atoms with Gasteiger partial charge in [0.15, 0.2) is 5.13 Å². The lowest BCUT2D eigenvalue weighted by Gasteiger charge is -2.23. The zero-order valence-corrected chi connectivity index (χ0v) is 17.9. The van der Waals surface area contributed by atoms with E-state index in [9.17, 15) is 19.1 Å². The van der Waals surface area contributed by atoms with Crippen LogP contribution in [0, 0.1) is 5.82 Å². The van der Waals surface area contributed by atoms with Crippen molar-refractivity contribution in [2.45, 2.75) is 6.04 Å². The van der Waals surface area contributed by atoms with Gasteiger partial charge in [0.05, 0.1) is 21.8 Å². The van der Waals surface area contributed by atoms with Crippen molar-refractivity contribution in [3.63, 3.8) is 0 Å². The number of carbonyl (C=O) groups excluding carboxylic acids is 2. The average molecular weight is 465 g/mol. The van der Waals surface area contributed by atoms with Gasteiger partial charge in [-0.15, -0.1) is 0 Å². The Labute approximate surface area is 191 Å². The predicted molar refractivity (Wildman–Crippen MR) is 122 cm³/mol. The molecule has 0 aliphatic carbocycles. The normalized spacial score (nSPS) is 17.9. The van der Waals surface area contributed by atoms with Crippen LogP contribution in [-0.2, 0) is 9.59 Å². The van der Waals surface area contributed by atoms with E-state index >= 15 is 0 Å². The minimum Gasteiger partial charge on any atom is -0.507 e. The third-order valence-electron chi connectivity index (χ3n) is 5.22. The fraction of sp³-hybridized carbons (Fsp3) is 0.0417. The molecule has 2 heterocycles. The monoisotopic (exact) mass is 464 g/mol. The van der Waals surface area contributed by atoms with Gasteiger partial charge in [0.25, 0.3) is 5.78 Å². The summed E-state index contributed by atoms with van der Waals surface area (Å²) < 4.78 is 14.2. The molecule has 0 bridgehead atoms. The molecule has 0 radical (unpaired) electrons. The summed E-state index contributed by atoms with van der Waals surface area (Å²) >= 11 is 7.13. The van der Waals surface area contributed by atoms with Gasteiger partial charge in [-0.05, 0) is 35.9 Å². The van der Waals surface area contributed by atoms with Crippen LogP contribution in [0.15, 0.2) is 78.4 Å². The number of fused-ring (bicyclic) bond motifs is 1. The number of ketones is 1. The molecule has 1 aromatic heterocycles. The second kappa shape index (κ2) is 7.85. The summed E-state index contributed by atoms with van der Waals surface area (Å²) in [4.78, 5) is 32.0. The second-order valence-electron chi connectivity index (χ2n) is 7.20. The number of nitrogens with zero attached hydrogens (tertiary/aromatic N) is 2. The van der Waals surface area contributed by atoms with E-state index in [4.69, 9.17) is 11.6 Å². The zero-order chi connectivity index (χ0) is 22.4. The molecule has 1 amide bonds. The Hall–Kier alpha value is -3.55. The summed E-state index contributed by atoms with van der Waals surface area (Å²) in [5, 5.41) is 11.7. The van der Waals surface area contributed by atoms with Crippen molar-refractivity contribution in [3.05, 3.63) is 100 Å². The number of amides is 1. The van der Waals surface area contributed by atoms with Gasteiger partial charge in [-0.3, -0.25) is 14.5 Å². The van der Waals surface area contributed by atoms with Gasteiger partial charge in [-0.25, -0.2) is 9.37 Å². The van der Waals surface area contributed by atoms with E-state index in [0.29, 0.717) is 26.4 Å². The lowest BCUT2D eigenvalue weighted by Crippen LogP contribution is -2.29. The summed E-state index contributed by atoms with van der Waals surface area (Å²) in [6.07, 6.45) is 0. The van der Waals surface area contributed by atoms with E-state index in [1.165, 1.54) is 23.1 Å². The maximum Gasteiger partial charge on any atom is 0.301 e. The lowest BCUT2D eigenvalue weighted by molar-refractivity contribution is -0.132. The molecule has 1 aliphatic heterocycles. The number of thiazole rings is 1. The molecule has 4 aromatic rings. The number of aliphatic hydroxyl groups excluding tert-OH is 1. The maximum atomic E-state index is 13.7. The van der Waals surface area contributed by atoms with Crippen LogP contribution in [0.3, 0.4) is 0 Å². The average Bonchev–Trinajstić information content (AvgIpc) is 3.32. The maximum absolute atomic E-state index is 13.7. The van der Waals surface area contributed by atoms with Crippen LogP contribution in [-0.4, -0.2) is 21.8 Å². The van der Waals surface area contributed by atoms with Gasteiger partial charge in [-0.1, -0.05) is 65.4 Å². The molecule has 8 heteroatoms. The largest absolute Gasteiger partial charge is 0.507 e. The van der Waals surface area contributed by atoms with Crippen molar-refractivity contribution >= 4 is 55.7 Å². The first-order valence-corrected chi connectivity index (χ1v) is 10.8. The van der Waals surface area contributed by atoms with E-state index in [1.807, 2.05) is 0 Å². The lowest BCUT2D eigenvalue weighted by atomic mass is 9.95. The van der Waals surface area contributed by atoms with Crippen LogP contribution < -0.4 is 4.90 Å². The molecule has 0 saturated carbocycles. The molecule has 0 unspecified atom stereocenters. The third-order valence-corrected chi connectivity index (χ3v) is 6.49. The number of carbonyl (C=O) groups is 2. The van der Waals surface area contributed by atoms with E-state index in [1.54, 1.807) is 54.6 Å². The topological polar surface area (TPSA) is 70.5 Å². The van der Waals surface area contributed by atoms with Gasteiger partial charge >= 0.3 is 5.91 Å². The minimum atomic E-state index is -0.919. The summed E-state index contributed by atoms with van der Waals surface area (Å²) in [6, 6.07) is 18.4. The number of hydrogen-bond donors (Lipinski definition) is 1. The zero-order valence-electron chi connectivity index (χ0n) is 16.3. The molecule has 1 atom stereocenters.